The van der Waals surface area contributed by atoms with Crippen molar-refractivity contribution >= 4 is 27.8 Å². The minimum absolute atomic E-state index is 0.00219. The molecule has 0 saturated carbocycles. The van der Waals surface area contributed by atoms with Crippen molar-refractivity contribution in [2.45, 2.75) is 19.9 Å². The van der Waals surface area contributed by atoms with E-state index in [4.69, 9.17) is 4.74 Å². The molecule has 2 rings (SSSR count). The van der Waals surface area contributed by atoms with Gasteiger partial charge in [0.2, 0.25) is 0 Å². The molecule has 1 amide bonds. The lowest BCUT2D eigenvalue weighted by Gasteiger charge is -2.07. The molecule has 0 unspecified atom stereocenters. The van der Waals surface area contributed by atoms with Crippen LogP contribution in [0.4, 0.5) is 0 Å². The van der Waals surface area contributed by atoms with Crippen LogP contribution in [0.25, 0.3) is 11.3 Å². The summed E-state index contributed by atoms with van der Waals surface area (Å²) in [6.07, 6.45) is 0. The number of halogens is 1. The van der Waals surface area contributed by atoms with Crippen molar-refractivity contribution in [2.24, 2.45) is 0 Å². The third kappa shape index (κ3) is 4.42. The molecular formula is C15H16BrN3O3. The molecule has 0 atom stereocenters. The fraction of sp³-hybridized carbons (Fsp3) is 0.267. The van der Waals surface area contributed by atoms with E-state index in [1.165, 1.54) is 0 Å². The molecule has 0 radical (unpaired) electrons. The van der Waals surface area contributed by atoms with E-state index in [2.05, 4.69) is 31.4 Å². The second kappa shape index (κ2) is 7.22. The number of carbonyl (C=O) groups excluding carboxylic acids is 2. The number of nitrogens with one attached hydrogen (secondary N) is 2. The molecule has 0 aliphatic rings. The molecule has 22 heavy (non-hydrogen) atoms. The van der Waals surface area contributed by atoms with E-state index in [0.29, 0.717) is 5.69 Å². The second-order valence-electron chi connectivity index (χ2n) is 4.97. The molecule has 0 spiro atoms. The average Bonchev–Trinajstić information content (AvgIpc) is 2.94. The highest BCUT2D eigenvalue weighted by Gasteiger charge is 2.14. The van der Waals surface area contributed by atoms with Crippen LogP contribution in [-0.2, 0) is 9.53 Å². The molecule has 116 valence electrons. The second-order valence-corrected chi connectivity index (χ2v) is 5.89. The molecule has 6 nitrogen and oxygen atoms in total. The van der Waals surface area contributed by atoms with Gasteiger partial charge in [-0.15, -0.1) is 0 Å². The summed E-state index contributed by atoms with van der Waals surface area (Å²) in [5.41, 5.74) is 1.71. The lowest BCUT2D eigenvalue weighted by molar-refractivity contribution is -0.124. The maximum absolute atomic E-state index is 11.9. The molecule has 1 aromatic carbocycles. The van der Waals surface area contributed by atoms with Crippen molar-refractivity contribution in [3.05, 3.63) is 40.5 Å². The average molecular weight is 366 g/mol. The quantitative estimate of drug-likeness (QED) is 0.797. The molecule has 0 saturated heterocycles. The Labute approximate surface area is 136 Å². The Morgan fingerprint density at radius 2 is 2.00 bits per heavy atom. The minimum Gasteiger partial charge on any atom is -0.451 e. The third-order valence-corrected chi connectivity index (χ3v) is 3.25. The highest BCUT2D eigenvalue weighted by atomic mass is 79.9. The van der Waals surface area contributed by atoms with E-state index in [0.717, 1.165) is 10.0 Å². The van der Waals surface area contributed by atoms with Gasteiger partial charge in [0.15, 0.2) is 6.61 Å². The van der Waals surface area contributed by atoms with Crippen LogP contribution in [0.5, 0.6) is 0 Å². The number of H-pyrrole nitrogens is 1. The number of hydrogen-bond acceptors (Lipinski definition) is 4. The molecule has 0 aliphatic carbocycles. The summed E-state index contributed by atoms with van der Waals surface area (Å²) in [6.45, 7) is 3.35. The van der Waals surface area contributed by atoms with Gasteiger partial charge in [-0.3, -0.25) is 9.89 Å². The summed E-state index contributed by atoms with van der Waals surface area (Å²) in [6, 6.07) is 9.13. The van der Waals surface area contributed by atoms with E-state index < -0.39 is 5.97 Å². The Morgan fingerprint density at radius 3 is 2.64 bits per heavy atom. The van der Waals surface area contributed by atoms with E-state index >= 15 is 0 Å². The smallest absolute Gasteiger partial charge is 0.356 e. The van der Waals surface area contributed by atoms with Gasteiger partial charge in [0.25, 0.3) is 5.91 Å². The maximum atomic E-state index is 11.9. The van der Waals surface area contributed by atoms with Gasteiger partial charge in [-0.1, -0.05) is 28.1 Å². The van der Waals surface area contributed by atoms with Gasteiger partial charge in [-0.2, -0.15) is 5.10 Å². The van der Waals surface area contributed by atoms with E-state index in [1.54, 1.807) is 6.07 Å². The van der Waals surface area contributed by atoms with Crippen molar-refractivity contribution in [2.75, 3.05) is 6.61 Å². The van der Waals surface area contributed by atoms with Gasteiger partial charge in [-0.05, 0) is 32.0 Å². The van der Waals surface area contributed by atoms with Crippen LogP contribution in [0.1, 0.15) is 24.3 Å². The Bertz CT molecular complexity index is 665. The Morgan fingerprint density at radius 1 is 1.32 bits per heavy atom. The van der Waals surface area contributed by atoms with Crippen LogP contribution in [-0.4, -0.2) is 34.7 Å². The zero-order chi connectivity index (χ0) is 16.1. The number of rotatable bonds is 5. The summed E-state index contributed by atoms with van der Waals surface area (Å²) in [5.74, 6) is -0.953. The summed E-state index contributed by atoms with van der Waals surface area (Å²) in [4.78, 5) is 23.3. The van der Waals surface area contributed by atoms with Crippen molar-refractivity contribution in [1.82, 2.24) is 15.5 Å². The van der Waals surface area contributed by atoms with Crippen molar-refractivity contribution < 1.29 is 14.3 Å². The first-order valence-electron chi connectivity index (χ1n) is 6.73. The monoisotopic (exact) mass is 365 g/mol. The molecular weight excluding hydrogens is 350 g/mol. The highest BCUT2D eigenvalue weighted by Crippen LogP contribution is 2.20. The van der Waals surface area contributed by atoms with Crippen molar-refractivity contribution in [1.29, 1.82) is 0 Å². The van der Waals surface area contributed by atoms with Crippen LogP contribution in [0.2, 0.25) is 0 Å². The largest absolute Gasteiger partial charge is 0.451 e. The number of ether oxygens (including phenoxy) is 1. The number of esters is 1. The number of benzene rings is 1. The number of aromatic amines is 1. The van der Waals surface area contributed by atoms with Crippen LogP contribution in [0, 0.1) is 0 Å². The molecule has 7 heteroatoms. The molecule has 0 bridgehead atoms. The molecule has 1 heterocycles. The Hall–Kier alpha value is -2.15. The summed E-state index contributed by atoms with van der Waals surface area (Å²) in [7, 11) is 0. The number of aromatic nitrogens is 2. The predicted octanol–water partition coefficient (Wildman–Crippen LogP) is 2.52. The zero-order valence-electron chi connectivity index (χ0n) is 12.2. The van der Waals surface area contributed by atoms with Gasteiger partial charge >= 0.3 is 5.97 Å². The van der Waals surface area contributed by atoms with E-state index in [-0.39, 0.29) is 24.2 Å². The Balaban J connectivity index is 1.97. The number of carbonyl (C=O) groups is 2. The number of nitrogens with zero attached hydrogens (tertiary/aromatic N) is 1. The first kappa shape index (κ1) is 16.2. The zero-order valence-corrected chi connectivity index (χ0v) is 13.8. The van der Waals surface area contributed by atoms with E-state index in [9.17, 15) is 9.59 Å². The van der Waals surface area contributed by atoms with Crippen LogP contribution in [0.15, 0.2) is 34.8 Å². The molecule has 1 aromatic heterocycles. The lowest BCUT2D eigenvalue weighted by Crippen LogP contribution is -2.34. The van der Waals surface area contributed by atoms with E-state index in [1.807, 2.05) is 38.1 Å². The lowest BCUT2D eigenvalue weighted by atomic mass is 10.1. The topological polar surface area (TPSA) is 84.1 Å². The van der Waals surface area contributed by atoms with Crippen molar-refractivity contribution in [3.63, 3.8) is 0 Å². The van der Waals surface area contributed by atoms with Gasteiger partial charge in [0.05, 0.1) is 5.69 Å². The summed E-state index contributed by atoms with van der Waals surface area (Å²) < 4.78 is 5.89. The molecule has 2 aromatic rings. The third-order valence-electron chi connectivity index (χ3n) is 2.72. The van der Waals surface area contributed by atoms with Gasteiger partial charge in [0.1, 0.15) is 5.69 Å². The minimum atomic E-state index is -0.616. The number of amides is 1. The fourth-order valence-electron chi connectivity index (χ4n) is 1.77. The van der Waals surface area contributed by atoms with Crippen LogP contribution < -0.4 is 5.32 Å². The number of hydrogen-bond donors (Lipinski definition) is 2. The van der Waals surface area contributed by atoms with Crippen LogP contribution in [0.3, 0.4) is 0 Å². The van der Waals surface area contributed by atoms with Crippen molar-refractivity contribution in [3.8, 4) is 11.3 Å². The molecule has 0 aliphatic heterocycles. The first-order chi connectivity index (χ1) is 10.5. The Kier molecular flexibility index (Phi) is 5.32. The van der Waals surface area contributed by atoms with Gasteiger partial charge in [-0.25, -0.2) is 4.79 Å². The molecule has 0 fully saturated rings. The van der Waals surface area contributed by atoms with Gasteiger partial charge < -0.3 is 10.1 Å². The van der Waals surface area contributed by atoms with Gasteiger partial charge in [0, 0.05) is 16.1 Å². The summed E-state index contributed by atoms with van der Waals surface area (Å²) >= 11 is 3.36. The molecule has 2 N–H and O–H groups in total. The maximum Gasteiger partial charge on any atom is 0.356 e. The summed E-state index contributed by atoms with van der Waals surface area (Å²) in [5, 5.41) is 9.33. The fourth-order valence-corrected chi connectivity index (χ4v) is 2.03. The SMILES string of the molecule is CC(C)NC(=O)COC(=O)c1cc(-c2ccc(Br)cc2)n[nH]1. The normalized spacial score (nSPS) is 10.5. The standard InChI is InChI=1S/C15H16BrN3O3/c1-9(2)17-14(20)8-22-15(21)13-7-12(18-19-13)10-3-5-11(16)6-4-10/h3-7,9H,8H2,1-2H3,(H,17,20)(H,18,19). The predicted molar refractivity (Wildman–Crippen MR) is 85.3 cm³/mol. The highest BCUT2D eigenvalue weighted by molar-refractivity contribution is 9.10. The van der Waals surface area contributed by atoms with Crippen LogP contribution >= 0.6 is 15.9 Å². The first-order valence-corrected chi connectivity index (χ1v) is 7.53.